The third-order valence-corrected chi connectivity index (χ3v) is 4.71. The lowest BCUT2D eigenvalue weighted by atomic mass is 9.97. The van der Waals surface area contributed by atoms with Gasteiger partial charge in [-0.15, -0.1) is 0 Å². The lowest BCUT2D eigenvalue weighted by molar-refractivity contribution is -0.146. The molecule has 1 aromatic carbocycles. The Labute approximate surface area is 149 Å². The van der Waals surface area contributed by atoms with Gasteiger partial charge < -0.3 is 19.1 Å². The summed E-state index contributed by atoms with van der Waals surface area (Å²) >= 11 is 0. The van der Waals surface area contributed by atoms with Crippen LogP contribution in [0.15, 0.2) is 18.2 Å². The van der Waals surface area contributed by atoms with Crippen LogP contribution < -0.4 is 9.47 Å². The van der Waals surface area contributed by atoms with E-state index in [1.54, 1.807) is 25.1 Å². The first kappa shape index (κ1) is 19.1. The number of carbonyl (C=O) groups is 2. The van der Waals surface area contributed by atoms with Gasteiger partial charge in [0, 0.05) is 12.1 Å². The second-order valence-electron chi connectivity index (χ2n) is 6.49. The molecule has 1 fully saturated rings. The number of hydrogen-bond acceptors (Lipinski definition) is 5. The van der Waals surface area contributed by atoms with E-state index in [1.165, 1.54) is 14.2 Å². The molecule has 138 valence electrons. The third-order valence-electron chi connectivity index (χ3n) is 4.71. The fourth-order valence-corrected chi connectivity index (χ4v) is 3.31. The molecule has 0 aromatic heterocycles. The zero-order valence-corrected chi connectivity index (χ0v) is 15.6. The van der Waals surface area contributed by atoms with Gasteiger partial charge in [-0.1, -0.05) is 0 Å². The predicted molar refractivity (Wildman–Crippen MR) is 94.0 cm³/mol. The van der Waals surface area contributed by atoms with E-state index in [4.69, 9.17) is 14.2 Å². The van der Waals surface area contributed by atoms with Gasteiger partial charge in [0.1, 0.15) is 17.1 Å². The van der Waals surface area contributed by atoms with E-state index in [1.807, 2.05) is 18.7 Å². The van der Waals surface area contributed by atoms with Gasteiger partial charge in [-0.2, -0.15) is 0 Å². The number of amides is 1. The van der Waals surface area contributed by atoms with Crippen molar-refractivity contribution in [3.05, 3.63) is 23.8 Å². The largest absolute Gasteiger partial charge is 0.497 e. The molecule has 0 aliphatic carbocycles. The number of hydrogen-bond donors (Lipinski definition) is 0. The number of likely N-dealkylation sites (tertiary alicyclic amines) is 1. The van der Waals surface area contributed by atoms with Crippen molar-refractivity contribution in [1.82, 2.24) is 4.90 Å². The topological polar surface area (TPSA) is 65.1 Å². The van der Waals surface area contributed by atoms with E-state index in [-0.39, 0.29) is 23.6 Å². The molecule has 1 saturated heterocycles. The summed E-state index contributed by atoms with van der Waals surface area (Å²) in [4.78, 5) is 27.1. The van der Waals surface area contributed by atoms with Gasteiger partial charge in [0.15, 0.2) is 6.10 Å². The second kappa shape index (κ2) is 8.23. The summed E-state index contributed by atoms with van der Waals surface area (Å²) in [7, 11) is 2.99. The van der Waals surface area contributed by atoms with Gasteiger partial charge in [-0.05, 0) is 58.2 Å². The number of piperidine rings is 1. The fraction of sp³-hybridized carbons (Fsp3) is 0.579. The molecule has 1 heterocycles. The van der Waals surface area contributed by atoms with E-state index in [0.29, 0.717) is 11.5 Å². The van der Waals surface area contributed by atoms with E-state index in [9.17, 15) is 9.59 Å². The highest BCUT2D eigenvalue weighted by Gasteiger charge is 2.33. The molecule has 0 unspecified atom stereocenters. The first-order valence-corrected chi connectivity index (χ1v) is 8.64. The summed E-state index contributed by atoms with van der Waals surface area (Å²) in [6.45, 7) is 5.68. The first-order chi connectivity index (χ1) is 11.9. The van der Waals surface area contributed by atoms with Crippen LogP contribution >= 0.6 is 0 Å². The molecule has 1 amide bonds. The average molecular weight is 349 g/mol. The molecular formula is C19H27NO5. The van der Waals surface area contributed by atoms with Gasteiger partial charge in [-0.25, -0.2) is 4.79 Å². The van der Waals surface area contributed by atoms with E-state index in [0.717, 1.165) is 19.3 Å². The molecule has 0 bridgehead atoms. The Kier molecular flexibility index (Phi) is 6.28. The molecule has 3 atom stereocenters. The van der Waals surface area contributed by atoms with E-state index < -0.39 is 12.1 Å². The SMILES string of the molecule is COc1ccc(OC)c(C(=O)O[C@H](C)C(=O)N2[C@@H](C)CCC[C@@H]2C)c1. The lowest BCUT2D eigenvalue weighted by Gasteiger charge is -2.40. The van der Waals surface area contributed by atoms with Crippen LogP contribution in [0.5, 0.6) is 11.5 Å². The molecule has 0 spiro atoms. The highest BCUT2D eigenvalue weighted by Crippen LogP contribution is 2.26. The average Bonchev–Trinajstić information content (AvgIpc) is 2.60. The molecule has 6 nitrogen and oxygen atoms in total. The van der Waals surface area contributed by atoms with Crippen LogP contribution in [-0.2, 0) is 9.53 Å². The van der Waals surface area contributed by atoms with Crippen LogP contribution in [-0.4, -0.2) is 49.2 Å². The third kappa shape index (κ3) is 4.24. The molecule has 1 aliphatic rings. The quantitative estimate of drug-likeness (QED) is 0.765. The molecule has 6 heteroatoms. The standard InChI is InChI=1S/C19H27NO5/c1-12-7-6-8-13(2)20(12)18(21)14(3)25-19(22)16-11-15(23-4)9-10-17(16)24-5/h9-14H,6-8H2,1-5H3/t12-,13-,14+/m0/s1. The van der Waals surface area contributed by atoms with Crippen molar-refractivity contribution < 1.29 is 23.8 Å². The van der Waals surface area contributed by atoms with Crippen LogP contribution in [0.25, 0.3) is 0 Å². The summed E-state index contributed by atoms with van der Waals surface area (Å²) in [5.74, 6) is 0.138. The Bertz CT molecular complexity index is 620. The number of methoxy groups -OCH3 is 2. The molecule has 1 aromatic rings. The number of esters is 1. The Morgan fingerprint density at radius 1 is 1.12 bits per heavy atom. The lowest BCUT2D eigenvalue weighted by Crippen LogP contribution is -2.51. The van der Waals surface area contributed by atoms with Crippen molar-refractivity contribution in [2.45, 2.75) is 58.2 Å². The Morgan fingerprint density at radius 2 is 1.76 bits per heavy atom. The summed E-state index contributed by atoms with van der Waals surface area (Å²) in [6.07, 6.45) is 2.20. The number of benzene rings is 1. The summed E-state index contributed by atoms with van der Waals surface area (Å²) < 4.78 is 15.8. The Morgan fingerprint density at radius 3 is 2.32 bits per heavy atom. The van der Waals surface area contributed by atoms with Crippen LogP contribution in [0.4, 0.5) is 0 Å². The van der Waals surface area contributed by atoms with Gasteiger partial charge in [0.05, 0.1) is 14.2 Å². The summed E-state index contributed by atoms with van der Waals surface area (Å²) in [5.41, 5.74) is 0.237. The van der Waals surface area contributed by atoms with Gasteiger partial charge in [0.25, 0.3) is 5.91 Å². The maximum absolute atomic E-state index is 12.8. The molecule has 2 rings (SSSR count). The zero-order chi connectivity index (χ0) is 18.6. The van der Waals surface area contributed by atoms with Crippen LogP contribution in [0.1, 0.15) is 50.4 Å². The van der Waals surface area contributed by atoms with Crippen molar-refractivity contribution in [3.8, 4) is 11.5 Å². The van der Waals surface area contributed by atoms with Crippen molar-refractivity contribution in [2.75, 3.05) is 14.2 Å². The van der Waals surface area contributed by atoms with Crippen molar-refractivity contribution in [1.29, 1.82) is 0 Å². The Balaban J connectivity index is 2.13. The van der Waals surface area contributed by atoms with Crippen molar-refractivity contribution in [3.63, 3.8) is 0 Å². The van der Waals surface area contributed by atoms with Gasteiger partial charge in [-0.3, -0.25) is 4.79 Å². The maximum Gasteiger partial charge on any atom is 0.342 e. The molecule has 0 N–H and O–H groups in total. The summed E-state index contributed by atoms with van der Waals surface area (Å²) in [6, 6.07) is 5.19. The summed E-state index contributed by atoms with van der Waals surface area (Å²) in [5, 5.41) is 0. The molecular weight excluding hydrogens is 322 g/mol. The minimum atomic E-state index is -0.855. The minimum Gasteiger partial charge on any atom is -0.497 e. The second-order valence-corrected chi connectivity index (χ2v) is 6.49. The van der Waals surface area contributed by atoms with Crippen LogP contribution in [0.3, 0.4) is 0 Å². The normalized spacial score (nSPS) is 21.4. The highest BCUT2D eigenvalue weighted by atomic mass is 16.5. The molecule has 0 radical (unpaired) electrons. The smallest absolute Gasteiger partial charge is 0.342 e. The van der Waals surface area contributed by atoms with Crippen molar-refractivity contribution >= 4 is 11.9 Å². The predicted octanol–water partition coefficient (Wildman–Crippen LogP) is 3.04. The number of rotatable bonds is 5. The number of carbonyl (C=O) groups excluding carboxylic acids is 2. The monoisotopic (exact) mass is 349 g/mol. The fourth-order valence-electron chi connectivity index (χ4n) is 3.31. The molecule has 0 saturated carbocycles. The van der Waals surface area contributed by atoms with Gasteiger partial charge >= 0.3 is 5.97 Å². The van der Waals surface area contributed by atoms with Gasteiger partial charge in [0.2, 0.25) is 0 Å². The van der Waals surface area contributed by atoms with E-state index >= 15 is 0 Å². The first-order valence-electron chi connectivity index (χ1n) is 8.64. The maximum atomic E-state index is 12.8. The molecule has 25 heavy (non-hydrogen) atoms. The van der Waals surface area contributed by atoms with E-state index in [2.05, 4.69) is 0 Å². The zero-order valence-electron chi connectivity index (χ0n) is 15.6. The molecule has 1 aliphatic heterocycles. The van der Waals surface area contributed by atoms with Crippen LogP contribution in [0, 0.1) is 0 Å². The minimum absolute atomic E-state index is 0.156. The number of nitrogens with zero attached hydrogens (tertiary/aromatic N) is 1. The van der Waals surface area contributed by atoms with Crippen molar-refractivity contribution in [2.24, 2.45) is 0 Å². The van der Waals surface area contributed by atoms with Crippen LogP contribution in [0.2, 0.25) is 0 Å². The highest BCUT2D eigenvalue weighted by molar-refractivity contribution is 5.95. The number of ether oxygens (including phenoxy) is 3. The Hall–Kier alpha value is -2.24.